The van der Waals surface area contributed by atoms with Crippen molar-refractivity contribution in [1.82, 2.24) is 4.98 Å². The molecule has 0 aliphatic rings. The average molecular weight is 322 g/mol. The first kappa shape index (κ1) is 18.6. The second-order valence-corrected chi connectivity index (χ2v) is 6.89. The summed E-state index contributed by atoms with van der Waals surface area (Å²) in [6, 6.07) is 1.36. The molecule has 0 unspecified atom stereocenters. The van der Waals surface area contributed by atoms with Crippen molar-refractivity contribution in [2.75, 3.05) is 4.90 Å². The molecule has 0 atom stereocenters. The van der Waals surface area contributed by atoms with Gasteiger partial charge in [-0.25, -0.2) is 9.59 Å². The van der Waals surface area contributed by atoms with Crippen LogP contribution in [0, 0.1) is 0 Å². The molecule has 7 nitrogen and oxygen atoms in total. The first-order valence-corrected chi connectivity index (χ1v) is 7.09. The van der Waals surface area contributed by atoms with Crippen molar-refractivity contribution in [3.63, 3.8) is 0 Å². The highest BCUT2D eigenvalue weighted by molar-refractivity contribution is 6.09. The standard InChI is InChI=1S/C16H22N2O5/c1-15(2,3)22-13(20)18(14(21)23-16(4,5)6)12-7-11(10-19)8-17-9-12/h7-10H,1-6H3. The Balaban J connectivity index is 3.22. The molecular weight excluding hydrogens is 300 g/mol. The number of amides is 2. The first-order valence-electron chi connectivity index (χ1n) is 7.09. The molecule has 0 aliphatic heterocycles. The number of imide groups is 1. The fourth-order valence-corrected chi connectivity index (χ4v) is 1.53. The monoisotopic (exact) mass is 322 g/mol. The van der Waals surface area contributed by atoms with Gasteiger partial charge in [0.05, 0.1) is 11.9 Å². The van der Waals surface area contributed by atoms with Gasteiger partial charge in [0.2, 0.25) is 0 Å². The molecule has 0 bridgehead atoms. The van der Waals surface area contributed by atoms with Gasteiger partial charge in [-0.05, 0) is 47.6 Å². The maximum absolute atomic E-state index is 12.4. The van der Waals surface area contributed by atoms with Gasteiger partial charge in [-0.15, -0.1) is 0 Å². The zero-order valence-corrected chi connectivity index (χ0v) is 14.2. The SMILES string of the molecule is CC(C)(C)OC(=O)N(C(=O)OC(C)(C)C)c1cncc(C=O)c1. The van der Waals surface area contributed by atoms with Crippen LogP contribution in [0.25, 0.3) is 0 Å². The van der Waals surface area contributed by atoms with E-state index in [0.29, 0.717) is 6.29 Å². The van der Waals surface area contributed by atoms with Crippen molar-refractivity contribution < 1.29 is 23.9 Å². The third-order valence-corrected chi connectivity index (χ3v) is 2.29. The second-order valence-electron chi connectivity index (χ2n) is 6.89. The van der Waals surface area contributed by atoms with E-state index in [1.54, 1.807) is 41.5 Å². The summed E-state index contributed by atoms with van der Waals surface area (Å²) in [4.78, 5) is 40.2. The van der Waals surface area contributed by atoms with Crippen molar-refractivity contribution >= 4 is 24.2 Å². The van der Waals surface area contributed by atoms with E-state index in [2.05, 4.69) is 4.98 Å². The fraction of sp³-hybridized carbons (Fsp3) is 0.500. The molecule has 0 spiro atoms. The molecular formula is C16H22N2O5. The third kappa shape index (κ3) is 6.06. The summed E-state index contributed by atoms with van der Waals surface area (Å²) < 4.78 is 10.5. The number of aromatic nitrogens is 1. The normalized spacial score (nSPS) is 11.6. The van der Waals surface area contributed by atoms with Crippen molar-refractivity contribution in [3.05, 3.63) is 24.0 Å². The largest absolute Gasteiger partial charge is 0.443 e. The van der Waals surface area contributed by atoms with Crippen LogP contribution in [-0.2, 0) is 9.47 Å². The minimum Gasteiger partial charge on any atom is -0.443 e. The zero-order chi connectivity index (χ0) is 17.8. The van der Waals surface area contributed by atoms with Crippen LogP contribution in [0.5, 0.6) is 0 Å². The highest BCUT2D eigenvalue weighted by Crippen LogP contribution is 2.21. The lowest BCUT2D eigenvalue weighted by Gasteiger charge is -2.28. The Morgan fingerprint density at radius 1 is 1.00 bits per heavy atom. The lowest BCUT2D eigenvalue weighted by Crippen LogP contribution is -2.43. The van der Waals surface area contributed by atoms with Gasteiger partial charge < -0.3 is 9.47 Å². The lowest BCUT2D eigenvalue weighted by molar-refractivity contribution is 0.0430. The fourth-order valence-electron chi connectivity index (χ4n) is 1.53. The maximum Gasteiger partial charge on any atom is 0.424 e. The number of anilines is 1. The van der Waals surface area contributed by atoms with Gasteiger partial charge in [-0.3, -0.25) is 9.78 Å². The van der Waals surface area contributed by atoms with Gasteiger partial charge in [-0.2, -0.15) is 4.90 Å². The Labute approximate surface area is 135 Å². The zero-order valence-electron chi connectivity index (χ0n) is 14.2. The molecule has 0 aliphatic carbocycles. The number of nitrogens with zero attached hydrogens (tertiary/aromatic N) is 2. The van der Waals surface area contributed by atoms with E-state index in [4.69, 9.17) is 9.47 Å². The Kier molecular flexibility index (Phi) is 5.47. The summed E-state index contributed by atoms with van der Waals surface area (Å²) in [5.41, 5.74) is -1.28. The van der Waals surface area contributed by atoms with Crippen LogP contribution >= 0.6 is 0 Å². The van der Waals surface area contributed by atoms with Crippen molar-refractivity contribution in [3.8, 4) is 0 Å². The van der Waals surface area contributed by atoms with E-state index in [-0.39, 0.29) is 11.3 Å². The molecule has 0 saturated carbocycles. The molecule has 23 heavy (non-hydrogen) atoms. The highest BCUT2D eigenvalue weighted by Gasteiger charge is 2.32. The first-order chi connectivity index (χ1) is 10.4. The number of hydrogen-bond donors (Lipinski definition) is 0. The predicted molar refractivity (Wildman–Crippen MR) is 84.6 cm³/mol. The molecule has 2 amide bonds. The molecule has 0 saturated heterocycles. The van der Waals surface area contributed by atoms with Crippen molar-refractivity contribution in [1.29, 1.82) is 0 Å². The van der Waals surface area contributed by atoms with Crippen LogP contribution in [0.2, 0.25) is 0 Å². The van der Waals surface area contributed by atoms with Gasteiger partial charge in [0.25, 0.3) is 0 Å². The van der Waals surface area contributed by atoms with E-state index in [9.17, 15) is 14.4 Å². The number of rotatable bonds is 2. The molecule has 0 fully saturated rings. The van der Waals surface area contributed by atoms with Crippen LogP contribution in [-0.4, -0.2) is 34.7 Å². The van der Waals surface area contributed by atoms with Crippen LogP contribution in [0.15, 0.2) is 18.5 Å². The van der Waals surface area contributed by atoms with E-state index in [1.807, 2.05) is 0 Å². The maximum atomic E-state index is 12.4. The number of hydrogen-bond acceptors (Lipinski definition) is 6. The number of aldehydes is 1. The number of carbonyl (C=O) groups is 3. The molecule has 1 aromatic rings. The summed E-state index contributed by atoms with van der Waals surface area (Å²) in [5, 5.41) is 0. The van der Waals surface area contributed by atoms with E-state index in [1.165, 1.54) is 18.5 Å². The van der Waals surface area contributed by atoms with Crippen LogP contribution in [0.1, 0.15) is 51.9 Å². The van der Waals surface area contributed by atoms with Crippen LogP contribution in [0.3, 0.4) is 0 Å². The Bertz CT molecular complexity index is 571. The van der Waals surface area contributed by atoms with Gasteiger partial charge in [-0.1, -0.05) is 0 Å². The van der Waals surface area contributed by atoms with Crippen molar-refractivity contribution in [2.45, 2.75) is 52.7 Å². The van der Waals surface area contributed by atoms with E-state index >= 15 is 0 Å². The minimum absolute atomic E-state index is 0.0955. The molecule has 126 valence electrons. The summed E-state index contributed by atoms with van der Waals surface area (Å²) in [6.45, 7) is 10.1. The molecule has 7 heteroatoms. The Morgan fingerprint density at radius 2 is 1.48 bits per heavy atom. The van der Waals surface area contributed by atoms with Gasteiger partial charge in [0.1, 0.15) is 11.2 Å². The third-order valence-electron chi connectivity index (χ3n) is 2.29. The number of pyridine rings is 1. The minimum atomic E-state index is -0.906. The lowest BCUT2D eigenvalue weighted by atomic mass is 10.2. The van der Waals surface area contributed by atoms with Gasteiger partial charge in [0, 0.05) is 11.8 Å². The molecule has 1 rings (SSSR count). The van der Waals surface area contributed by atoms with E-state index < -0.39 is 23.4 Å². The second kappa shape index (κ2) is 6.76. The van der Waals surface area contributed by atoms with E-state index in [0.717, 1.165) is 4.90 Å². The van der Waals surface area contributed by atoms with Crippen molar-refractivity contribution in [2.24, 2.45) is 0 Å². The summed E-state index contributed by atoms with van der Waals surface area (Å²) in [5.74, 6) is 0. The predicted octanol–water partition coefficient (Wildman–Crippen LogP) is 3.57. The summed E-state index contributed by atoms with van der Waals surface area (Å²) in [7, 11) is 0. The number of ether oxygens (including phenoxy) is 2. The number of carbonyl (C=O) groups excluding carboxylic acids is 3. The molecule has 0 radical (unpaired) electrons. The Hall–Kier alpha value is -2.44. The molecule has 1 heterocycles. The summed E-state index contributed by atoms with van der Waals surface area (Å²) >= 11 is 0. The van der Waals surface area contributed by atoms with Gasteiger partial charge in [0.15, 0.2) is 6.29 Å². The summed E-state index contributed by atoms with van der Waals surface area (Å²) in [6.07, 6.45) is 1.35. The average Bonchev–Trinajstić information content (AvgIpc) is 2.34. The van der Waals surface area contributed by atoms with Crippen LogP contribution < -0.4 is 4.90 Å². The Morgan fingerprint density at radius 3 is 1.87 bits per heavy atom. The van der Waals surface area contributed by atoms with Gasteiger partial charge >= 0.3 is 12.2 Å². The highest BCUT2D eigenvalue weighted by atomic mass is 16.6. The smallest absolute Gasteiger partial charge is 0.424 e. The quantitative estimate of drug-likeness (QED) is 0.774. The topological polar surface area (TPSA) is 85.8 Å². The molecule has 0 N–H and O–H groups in total. The van der Waals surface area contributed by atoms with Crippen LogP contribution in [0.4, 0.5) is 15.3 Å². The molecule has 1 aromatic heterocycles. The molecule has 0 aromatic carbocycles.